The second kappa shape index (κ2) is 6.82. The van der Waals surface area contributed by atoms with Gasteiger partial charge in [-0.25, -0.2) is 0 Å². The average Bonchev–Trinajstić information content (AvgIpc) is 3.00. The van der Waals surface area contributed by atoms with Crippen molar-refractivity contribution in [2.24, 2.45) is 11.7 Å². The molecule has 2 aromatic carbocycles. The average molecular weight is 365 g/mol. The first kappa shape index (κ1) is 17.7. The zero-order valence-corrected chi connectivity index (χ0v) is 15.1. The Morgan fingerprint density at radius 2 is 1.63 bits per heavy atom. The number of carboxylic acids is 1. The van der Waals surface area contributed by atoms with Crippen LogP contribution >= 0.6 is 0 Å². The summed E-state index contributed by atoms with van der Waals surface area (Å²) >= 11 is 0. The van der Waals surface area contributed by atoms with Gasteiger partial charge in [0.1, 0.15) is 12.1 Å². The molecule has 0 heterocycles. The van der Waals surface area contributed by atoms with Crippen LogP contribution in [0.4, 0.5) is 0 Å². The topological polar surface area (TPSA) is 89.6 Å². The van der Waals surface area contributed by atoms with Crippen molar-refractivity contribution in [1.29, 1.82) is 0 Å². The number of ether oxygens (including phenoxy) is 1. The number of aliphatic carboxylic acids is 1. The molecule has 5 nitrogen and oxygen atoms in total. The van der Waals surface area contributed by atoms with Gasteiger partial charge in [-0.2, -0.15) is 0 Å². The molecule has 27 heavy (non-hydrogen) atoms. The van der Waals surface area contributed by atoms with Crippen LogP contribution < -0.4 is 5.73 Å². The maximum Gasteiger partial charge on any atom is 0.327 e. The lowest BCUT2D eigenvalue weighted by molar-refractivity contribution is -0.162. The van der Waals surface area contributed by atoms with Crippen LogP contribution in [0.25, 0.3) is 11.1 Å². The summed E-state index contributed by atoms with van der Waals surface area (Å²) in [6.45, 7) is 0.165. The Hall–Kier alpha value is -2.66. The van der Waals surface area contributed by atoms with Crippen LogP contribution in [0, 0.1) is 5.92 Å². The zero-order valence-electron chi connectivity index (χ0n) is 15.1. The van der Waals surface area contributed by atoms with Crippen molar-refractivity contribution >= 4 is 11.9 Å². The minimum absolute atomic E-state index is 0.0585. The molecule has 1 fully saturated rings. The lowest BCUT2D eigenvalue weighted by Crippen LogP contribution is -2.59. The number of esters is 1. The number of carbonyl (C=O) groups excluding carboxylic acids is 1. The number of carbonyl (C=O) groups is 2. The van der Waals surface area contributed by atoms with Crippen LogP contribution in [0.1, 0.15) is 42.7 Å². The van der Waals surface area contributed by atoms with Crippen molar-refractivity contribution in [3.63, 3.8) is 0 Å². The van der Waals surface area contributed by atoms with E-state index < -0.39 is 23.4 Å². The van der Waals surface area contributed by atoms with Gasteiger partial charge in [0, 0.05) is 5.92 Å². The van der Waals surface area contributed by atoms with E-state index in [-0.39, 0.29) is 12.5 Å². The van der Waals surface area contributed by atoms with Crippen molar-refractivity contribution < 1.29 is 19.4 Å². The number of carboxylic acid groups (broad SMARTS) is 1. The molecule has 0 aromatic heterocycles. The SMILES string of the molecule is N[C@@]1(C(=O)OCC2c3ccccc3-c3ccccc32)CCCC[C@@H]1C(=O)O. The third-order valence-corrected chi connectivity index (χ3v) is 5.98. The second-order valence-corrected chi connectivity index (χ2v) is 7.50. The maximum absolute atomic E-state index is 12.8. The van der Waals surface area contributed by atoms with Crippen LogP contribution in [0.2, 0.25) is 0 Å². The molecular weight excluding hydrogens is 342 g/mol. The third-order valence-electron chi connectivity index (χ3n) is 5.98. The Kier molecular flexibility index (Phi) is 4.48. The molecule has 0 spiro atoms. The summed E-state index contributed by atoms with van der Waals surface area (Å²) in [6.07, 6.45) is 2.27. The molecule has 3 N–H and O–H groups in total. The van der Waals surface area contributed by atoms with Crippen molar-refractivity contribution in [1.82, 2.24) is 0 Å². The lowest BCUT2D eigenvalue weighted by atomic mass is 9.73. The summed E-state index contributed by atoms with van der Waals surface area (Å²) in [5.74, 6) is -2.57. The van der Waals surface area contributed by atoms with Crippen LogP contribution in [0.15, 0.2) is 48.5 Å². The Bertz CT molecular complexity index is 848. The summed E-state index contributed by atoms with van der Waals surface area (Å²) in [5, 5.41) is 9.48. The van der Waals surface area contributed by atoms with Gasteiger partial charge in [0.05, 0.1) is 5.92 Å². The number of hydrogen-bond donors (Lipinski definition) is 2. The monoisotopic (exact) mass is 365 g/mol. The number of nitrogens with two attached hydrogens (primary N) is 1. The molecule has 0 radical (unpaired) electrons. The van der Waals surface area contributed by atoms with E-state index in [4.69, 9.17) is 10.5 Å². The summed E-state index contributed by atoms with van der Waals surface area (Å²) in [4.78, 5) is 24.4. The molecule has 0 amide bonds. The first-order valence-electron chi connectivity index (χ1n) is 9.39. The highest BCUT2D eigenvalue weighted by atomic mass is 16.5. The predicted molar refractivity (Wildman–Crippen MR) is 101 cm³/mol. The van der Waals surface area contributed by atoms with Gasteiger partial charge >= 0.3 is 11.9 Å². The number of rotatable bonds is 4. The van der Waals surface area contributed by atoms with Crippen LogP contribution in [0.3, 0.4) is 0 Å². The highest BCUT2D eigenvalue weighted by Gasteiger charge is 2.49. The van der Waals surface area contributed by atoms with Crippen LogP contribution in [-0.2, 0) is 14.3 Å². The van der Waals surface area contributed by atoms with Crippen LogP contribution in [0.5, 0.6) is 0 Å². The van der Waals surface area contributed by atoms with Crippen molar-refractivity contribution in [3.8, 4) is 11.1 Å². The Morgan fingerprint density at radius 3 is 2.22 bits per heavy atom. The smallest absolute Gasteiger partial charge is 0.327 e. The van der Waals surface area contributed by atoms with Gasteiger partial charge in [-0.3, -0.25) is 9.59 Å². The predicted octanol–water partition coefficient (Wildman–Crippen LogP) is 3.31. The van der Waals surface area contributed by atoms with Gasteiger partial charge in [0.2, 0.25) is 0 Å². The minimum atomic E-state index is -1.44. The fraction of sp³-hybridized carbons (Fsp3) is 0.364. The van der Waals surface area contributed by atoms with E-state index in [9.17, 15) is 14.7 Å². The largest absolute Gasteiger partial charge is 0.481 e. The number of benzene rings is 2. The molecule has 0 aliphatic heterocycles. The number of fused-ring (bicyclic) bond motifs is 3. The fourth-order valence-corrected chi connectivity index (χ4v) is 4.52. The van der Waals surface area contributed by atoms with Crippen molar-refractivity contribution in [2.75, 3.05) is 6.61 Å². The third kappa shape index (κ3) is 2.92. The second-order valence-electron chi connectivity index (χ2n) is 7.50. The standard InChI is InChI=1S/C22H23NO4/c23-22(12-6-5-11-19(22)20(24)25)21(26)27-13-18-16-9-3-1-7-14(16)15-8-2-4-10-17(15)18/h1-4,7-10,18-19H,5-6,11-13,23H2,(H,24,25)/t19-,22+/m1/s1. The lowest BCUT2D eigenvalue weighted by Gasteiger charge is -2.36. The van der Waals surface area contributed by atoms with Crippen molar-refractivity contribution in [2.45, 2.75) is 37.1 Å². The quantitative estimate of drug-likeness (QED) is 0.812. The van der Waals surface area contributed by atoms with Crippen molar-refractivity contribution in [3.05, 3.63) is 59.7 Å². The molecule has 2 aromatic rings. The molecule has 1 saturated carbocycles. The normalized spacial score (nSPS) is 24.1. The van der Waals surface area contributed by atoms with Gasteiger partial charge in [0.25, 0.3) is 0 Å². The van der Waals surface area contributed by atoms with Gasteiger partial charge in [0.15, 0.2) is 0 Å². The highest BCUT2D eigenvalue weighted by molar-refractivity contribution is 5.88. The van der Waals surface area contributed by atoms with E-state index in [1.54, 1.807) is 0 Å². The Balaban J connectivity index is 1.57. The first-order valence-corrected chi connectivity index (χ1v) is 9.39. The summed E-state index contributed by atoms with van der Waals surface area (Å²) in [7, 11) is 0. The zero-order chi connectivity index (χ0) is 19.0. The molecule has 4 rings (SSSR count). The van der Waals surface area contributed by atoms with E-state index >= 15 is 0 Å². The molecular formula is C22H23NO4. The van der Waals surface area contributed by atoms with Gasteiger partial charge in [-0.15, -0.1) is 0 Å². The van der Waals surface area contributed by atoms with E-state index in [0.717, 1.165) is 35.1 Å². The first-order chi connectivity index (χ1) is 13.0. The van der Waals surface area contributed by atoms with Gasteiger partial charge < -0.3 is 15.6 Å². The highest BCUT2D eigenvalue weighted by Crippen LogP contribution is 2.44. The molecule has 2 aliphatic carbocycles. The van der Waals surface area contributed by atoms with E-state index in [2.05, 4.69) is 12.1 Å². The van der Waals surface area contributed by atoms with E-state index in [1.165, 1.54) is 0 Å². The minimum Gasteiger partial charge on any atom is -0.481 e. The summed E-state index contributed by atoms with van der Waals surface area (Å²) < 4.78 is 5.64. The summed E-state index contributed by atoms with van der Waals surface area (Å²) in [5.41, 5.74) is 9.37. The van der Waals surface area contributed by atoms with E-state index in [0.29, 0.717) is 12.8 Å². The molecule has 5 heteroatoms. The Morgan fingerprint density at radius 1 is 1.04 bits per heavy atom. The molecule has 2 atom stereocenters. The maximum atomic E-state index is 12.8. The Labute approximate surface area is 158 Å². The van der Waals surface area contributed by atoms with Gasteiger partial charge in [-0.1, -0.05) is 61.4 Å². The van der Waals surface area contributed by atoms with E-state index in [1.807, 2.05) is 36.4 Å². The molecule has 0 bridgehead atoms. The molecule has 0 unspecified atom stereocenters. The molecule has 140 valence electrons. The number of hydrogen-bond acceptors (Lipinski definition) is 4. The molecule has 2 aliphatic rings. The summed E-state index contributed by atoms with van der Waals surface area (Å²) in [6, 6.07) is 16.2. The fourth-order valence-electron chi connectivity index (χ4n) is 4.52. The molecule has 0 saturated heterocycles. The van der Waals surface area contributed by atoms with Crippen LogP contribution in [-0.4, -0.2) is 29.2 Å². The van der Waals surface area contributed by atoms with Gasteiger partial charge in [-0.05, 0) is 35.1 Å².